The first-order valence-electron chi connectivity index (χ1n) is 9.69. The molecule has 32 heavy (non-hydrogen) atoms. The second-order valence-electron chi connectivity index (χ2n) is 7.03. The van der Waals surface area contributed by atoms with Crippen LogP contribution in [0.2, 0.25) is 0 Å². The highest BCUT2D eigenvalue weighted by Crippen LogP contribution is 2.39. The van der Waals surface area contributed by atoms with E-state index in [1.807, 2.05) is 0 Å². The molecule has 0 amide bonds. The highest BCUT2D eigenvalue weighted by atomic mass is 19.1. The fourth-order valence-electron chi connectivity index (χ4n) is 3.46. The van der Waals surface area contributed by atoms with Crippen molar-refractivity contribution in [3.63, 3.8) is 0 Å². The van der Waals surface area contributed by atoms with E-state index >= 15 is 0 Å². The summed E-state index contributed by atoms with van der Waals surface area (Å²) in [6.07, 6.45) is 1.58. The number of halogens is 1. The number of carbonyl (C=O) groups is 2. The van der Waals surface area contributed by atoms with Crippen LogP contribution in [0.3, 0.4) is 0 Å². The van der Waals surface area contributed by atoms with Crippen molar-refractivity contribution in [1.29, 1.82) is 0 Å². The maximum absolute atomic E-state index is 13.1. The molecule has 0 fully saturated rings. The lowest BCUT2D eigenvalue weighted by Crippen LogP contribution is -2.08. The summed E-state index contributed by atoms with van der Waals surface area (Å²) in [5.74, 6) is 0.208. The zero-order valence-electron chi connectivity index (χ0n) is 17.6. The standard InChI is InChI=1S/C25H19FO6/c1-14-11-18(31-25(28)15-7-9-17(26)10-8-15)13-20-22(14)23(27)21(32-20)12-16-5-4-6-19(29-2)24(16)30-3/h4-13H,1-3H3/b21-12-. The van der Waals surface area contributed by atoms with Crippen LogP contribution in [0.25, 0.3) is 6.08 Å². The molecule has 0 spiro atoms. The molecule has 6 nitrogen and oxygen atoms in total. The minimum Gasteiger partial charge on any atom is -0.493 e. The Morgan fingerprint density at radius 2 is 1.78 bits per heavy atom. The number of aryl methyl sites for hydroxylation is 1. The van der Waals surface area contributed by atoms with E-state index in [4.69, 9.17) is 18.9 Å². The molecule has 0 aromatic heterocycles. The van der Waals surface area contributed by atoms with Crippen LogP contribution in [0.4, 0.5) is 4.39 Å². The summed E-state index contributed by atoms with van der Waals surface area (Å²) in [6, 6.07) is 13.4. The van der Waals surface area contributed by atoms with Gasteiger partial charge in [-0.2, -0.15) is 0 Å². The molecule has 0 radical (unpaired) electrons. The third kappa shape index (κ3) is 3.92. The summed E-state index contributed by atoms with van der Waals surface area (Å²) in [4.78, 5) is 25.3. The van der Waals surface area contributed by atoms with Crippen LogP contribution < -0.4 is 18.9 Å². The summed E-state index contributed by atoms with van der Waals surface area (Å²) >= 11 is 0. The number of para-hydroxylation sites is 1. The number of ether oxygens (including phenoxy) is 4. The Morgan fingerprint density at radius 3 is 2.47 bits per heavy atom. The Hall–Kier alpha value is -4.13. The lowest BCUT2D eigenvalue weighted by atomic mass is 10.0. The van der Waals surface area contributed by atoms with Gasteiger partial charge in [-0.05, 0) is 55.0 Å². The van der Waals surface area contributed by atoms with Gasteiger partial charge in [-0.3, -0.25) is 4.79 Å². The van der Waals surface area contributed by atoms with Gasteiger partial charge in [-0.25, -0.2) is 9.18 Å². The largest absolute Gasteiger partial charge is 0.493 e. The number of Topliss-reactive ketones (excluding diaryl/α,β-unsaturated/α-hetero) is 1. The Labute approximate surface area is 183 Å². The number of rotatable bonds is 5. The van der Waals surface area contributed by atoms with Crippen molar-refractivity contribution in [1.82, 2.24) is 0 Å². The van der Waals surface area contributed by atoms with Crippen molar-refractivity contribution in [3.8, 4) is 23.0 Å². The SMILES string of the molecule is COc1cccc(/C=C2\Oc3cc(OC(=O)c4ccc(F)cc4)cc(C)c3C2=O)c1OC. The van der Waals surface area contributed by atoms with Gasteiger partial charge >= 0.3 is 5.97 Å². The third-order valence-electron chi connectivity index (χ3n) is 4.95. The van der Waals surface area contributed by atoms with Gasteiger partial charge < -0.3 is 18.9 Å². The number of benzene rings is 3. The van der Waals surface area contributed by atoms with E-state index in [0.717, 1.165) is 0 Å². The lowest BCUT2D eigenvalue weighted by molar-refractivity contribution is 0.0734. The minimum absolute atomic E-state index is 0.108. The predicted molar refractivity (Wildman–Crippen MR) is 115 cm³/mol. The zero-order chi connectivity index (χ0) is 22.8. The van der Waals surface area contributed by atoms with Crippen LogP contribution in [0.5, 0.6) is 23.0 Å². The fourth-order valence-corrected chi connectivity index (χ4v) is 3.46. The zero-order valence-corrected chi connectivity index (χ0v) is 17.6. The van der Waals surface area contributed by atoms with E-state index in [0.29, 0.717) is 28.2 Å². The monoisotopic (exact) mass is 434 g/mol. The van der Waals surface area contributed by atoms with Gasteiger partial charge in [0.25, 0.3) is 0 Å². The van der Waals surface area contributed by atoms with Crippen molar-refractivity contribution in [2.24, 2.45) is 0 Å². The summed E-state index contributed by atoms with van der Waals surface area (Å²) in [7, 11) is 3.04. The van der Waals surface area contributed by atoms with Crippen LogP contribution in [-0.4, -0.2) is 26.0 Å². The molecule has 0 atom stereocenters. The molecule has 0 saturated heterocycles. The van der Waals surface area contributed by atoms with Gasteiger partial charge in [0.1, 0.15) is 17.3 Å². The van der Waals surface area contributed by atoms with E-state index in [1.54, 1.807) is 37.3 Å². The minimum atomic E-state index is -0.648. The molecular weight excluding hydrogens is 415 g/mol. The molecule has 0 saturated carbocycles. The lowest BCUT2D eigenvalue weighted by Gasteiger charge is -2.10. The van der Waals surface area contributed by atoms with E-state index < -0.39 is 11.8 Å². The molecule has 3 aromatic carbocycles. The van der Waals surface area contributed by atoms with Crippen LogP contribution in [-0.2, 0) is 0 Å². The predicted octanol–water partition coefficient (Wildman–Crippen LogP) is 4.99. The topological polar surface area (TPSA) is 71.1 Å². The molecule has 4 rings (SSSR count). The van der Waals surface area contributed by atoms with E-state index in [1.165, 1.54) is 44.6 Å². The number of allylic oxidation sites excluding steroid dienone is 1. The molecule has 0 aliphatic carbocycles. The van der Waals surface area contributed by atoms with Gasteiger partial charge in [0.2, 0.25) is 5.78 Å². The van der Waals surface area contributed by atoms with Crippen LogP contribution in [0, 0.1) is 12.7 Å². The van der Waals surface area contributed by atoms with E-state index in [9.17, 15) is 14.0 Å². The van der Waals surface area contributed by atoms with Gasteiger partial charge in [0.15, 0.2) is 17.3 Å². The summed E-state index contributed by atoms with van der Waals surface area (Å²) in [6.45, 7) is 1.73. The maximum atomic E-state index is 13.1. The average Bonchev–Trinajstić information content (AvgIpc) is 3.09. The van der Waals surface area contributed by atoms with E-state index in [2.05, 4.69) is 0 Å². The Bertz CT molecular complexity index is 1240. The second-order valence-corrected chi connectivity index (χ2v) is 7.03. The first-order valence-corrected chi connectivity index (χ1v) is 9.69. The maximum Gasteiger partial charge on any atom is 0.343 e. The molecule has 7 heteroatoms. The molecule has 1 aliphatic heterocycles. The van der Waals surface area contributed by atoms with Crippen molar-refractivity contribution in [2.75, 3.05) is 14.2 Å². The molecule has 162 valence electrons. The van der Waals surface area contributed by atoms with Crippen molar-refractivity contribution in [3.05, 3.63) is 88.4 Å². The van der Waals surface area contributed by atoms with Crippen molar-refractivity contribution >= 4 is 17.8 Å². The normalized spacial score (nSPS) is 13.5. The Balaban J connectivity index is 1.63. The highest BCUT2D eigenvalue weighted by molar-refractivity contribution is 6.15. The highest BCUT2D eigenvalue weighted by Gasteiger charge is 2.31. The second kappa shape index (κ2) is 8.55. The van der Waals surface area contributed by atoms with Crippen LogP contribution >= 0.6 is 0 Å². The smallest absolute Gasteiger partial charge is 0.343 e. The molecule has 0 N–H and O–H groups in total. The number of ketones is 1. The quantitative estimate of drug-likeness (QED) is 0.320. The number of methoxy groups -OCH3 is 2. The molecule has 1 aliphatic rings. The number of fused-ring (bicyclic) bond motifs is 1. The number of esters is 1. The summed E-state index contributed by atoms with van der Waals surface area (Å²) < 4.78 is 35.0. The molecular formula is C25H19FO6. The van der Waals surface area contributed by atoms with Gasteiger partial charge in [0.05, 0.1) is 25.3 Å². The first-order chi connectivity index (χ1) is 15.4. The molecule has 1 heterocycles. The van der Waals surface area contributed by atoms with Crippen molar-refractivity contribution in [2.45, 2.75) is 6.92 Å². The van der Waals surface area contributed by atoms with Gasteiger partial charge in [-0.1, -0.05) is 12.1 Å². The fraction of sp³-hybridized carbons (Fsp3) is 0.120. The van der Waals surface area contributed by atoms with Crippen LogP contribution in [0.1, 0.15) is 31.8 Å². The summed E-state index contributed by atoms with van der Waals surface area (Å²) in [5.41, 5.74) is 1.80. The number of hydrogen-bond acceptors (Lipinski definition) is 6. The Kier molecular flexibility index (Phi) is 5.64. The summed E-state index contributed by atoms with van der Waals surface area (Å²) in [5, 5.41) is 0. The molecule has 0 bridgehead atoms. The van der Waals surface area contributed by atoms with Crippen molar-refractivity contribution < 1.29 is 32.9 Å². The number of hydrogen-bond donors (Lipinski definition) is 0. The van der Waals surface area contributed by atoms with Gasteiger partial charge in [0, 0.05) is 11.6 Å². The van der Waals surface area contributed by atoms with Crippen LogP contribution in [0.15, 0.2) is 60.4 Å². The Morgan fingerprint density at radius 1 is 1.03 bits per heavy atom. The third-order valence-corrected chi connectivity index (χ3v) is 4.95. The number of carbonyl (C=O) groups excluding carboxylic acids is 2. The first kappa shape index (κ1) is 21.1. The average molecular weight is 434 g/mol. The van der Waals surface area contributed by atoms with E-state index in [-0.39, 0.29) is 28.6 Å². The van der Waals surface area contributed by atoms with Gasteiger partial charge in [-0.15, -0.1) is 0 Å². The molecule has 3 aromatic rings. The molecule has 0 unspecified atom stereocenters.